The lowest BCUT2D eigenvalue weighted by Gasteiger charge is -2.21. The van der Waals surface area contributed by atoms with Gasteiger partial charge in [-0.1, -0.05) is 0 Å². The number of aliphatic hydroxyl groups excluding tert-OH is 1. The molecule has 1 N–H and O–H groups in total. The molecule has 0 aromatic carbocycles. The average Bonchev–Trinajstić information content (AvgIpc) is 2.72. The van der Waals surface area contributed by atoms with Crippen LogP contribution in [-0.4, -0.2) is 46.0 Å². The van der Waals surface area contributed by atoms with Crippen molar-refractivity contribution in [2.75, 3.05) is 18.1 Å². The summed E-state index contributed by atoms with van der Waals surface area (Å²) >= 11 is 1.66. The van der Waals surface area contributed by atoms with E-state index < -0.39 is 0 Å². The molecule has 2 amide bonds. The average molecular weight is 215 g/mol. The summed E-state index contributed by atoms with van der Waals surface area (Å²) in [6.45, 7) is 1.55. The molecular weight excluding hydrogens is 202 g/mol. The second-order valence-electron chi connectivity index (χ2n) is 3.83. The zero-order valence-electron chi connectivity index (χ0n) is 7.97. The Bertz CT molecular complexity index is 259. The maximum Gasteiger partial charge on any atom is 0.234 e. The molecule has 0 bridgehead atoms. The molecule has 0 saturated carbocycles. The Kier molecular flexibility index (Phi) is 2.53. The highest BCUT2D eigenvalue weighted by atomic mass is 32.2. The number of aliphatic hydroxyl groups is 1. The Labute approximate surface area is 86.6 Å². The molecule has 0 spiro atoms. The smallest absolute Gasteiger partial charge is 0.234 e. The maximum absolute atomic E-state index is 11.8. The van der Waals surface area contributed by atoms with Crippen molar-refractivity contribution in [2.24, 2.45) is 11.8 Å². The summed E-state index contributed by atoms with van der Waals surface area (Å²) in [5, 5.41) is 8.94. The van der Waals surface area contributed by atoms with E-state index in [-0.39, 0.29) is 36.3 Å². The molecule has 4 nitrogen and oxygen atoms in total. The van der Waals surface area contributed by atoms with Gasteiger partial charge in [0.05, 0.1) is 24.5 Å². The molecule has 2 rings (SSSR count). The van der Waals surface area contributed by atoms with Gasteiger partial charge in [-0.15, -0.1) is 0 Å². The molecule has 14 heavy (non-hydrogen) atoms. The van der Waals surface area contributed by atoms with E-state index in [4.69, 9.17) is 5.11 Å². The Balaban J connectivity index is 2.21. The van der Waals surface area contributed by atoms with Gasteiger partial charge in [-0.25, -0.2) is 0 Å². The van der Waals surface area contributed by atoms with E-state index in [1.54, 1.807) is 18.7 Å². The van der Waals surface area contributed by atoms with Crippen LogP contribution >= 0.6 is 11.8 Å². The summed E-state index contributed by atoms with van der Waals surface area (Å²) in [4.78, 5) is 24.8. The molecule has 2 saturated heterocycles. The Morgan fingerprint density at radius 1 is 1.43 bits per heavy atom. The second-order valence-corrected chi connectivity index (χ2v) is 4.90. The van der Waals surface area contributed by atoms with E-state index in [1.807, 2.05) is 0 Å². The number of imide groups is 1. The standard InChI is InChI=1S/C9H13NO3S/c1-5(2-11)10-8(12)6-3-14-4-7(6)9(10)13/h5-7,11H,2-4H2,1H3/t5?,6-,7+. The van der Waals surface area contributed by atoms with E-state index in [9.17, 15) is 9.59 Å². The first-order chi connectivity index (χ1) is 6.66. The van der Waals surface area contributed by atoms with E-state index in [1.165, 1.54) is 4.90 Å². The number of carbonyl (C=O) groups is 2. The van der Waals surface area contributed by atoms with Crippen molar-refractivity contribution in [1.29, 1.82) is 0 Å². The van der Waals surface area contributed by atoms with Gasteiger partial charge in [0.15, 0.2) is 0 Å². The summed E-state index contributed by atoms with van der Waals surface area (Å²) in [6.07, 6.45) is 0. The van der Waals surface area contributed by atoms with Crippen molar-refractivity contribution in [1.82, 2.24) is 4.90 Å². The number of nitrogens with zero attached hydrogens (tertiary/aromatic N) is 1. The molecule has 2 fully saturated rings. The predicted octanol–water partition coefficient (Wildman–Crippen LogP) is -0.285. The van der Waals surface area contributed by atoms with Gasteiger partial charge in [-0.2, -0.15) is 11.8 Å². The van der Waals surface area contributed by atoms with Gasteiger partial charge in [-0.05, 0) is 6.92 Å². The topological polar surface area (TPSA) is 57.6 Å². The highest BCUT2D eigenvalue weighted by Gasteiger charge is 2.51. The van der Waals surface area contributed by atoms with Crippen molar-refractivity contribution in [3.8, 4) is 0 Å². The van der Waals surface area contributed by atoms with Crippen LogP contribution in [-0.2, 0) is 9.59 Å². The molecule has 1 unspecified atom stereocenters. The monoisotopic (exact) mass is 215 g/mol. The van der Waals surface area contributed by atoms with Crippen LogP contribution in [0.4, 0.5) is 0 Å². The minimum atomic E-state index is -0.370. The summed E-state index contributed by atoms with van der Waals surface area (Å²) in [7, 11) is 0. The summed E-state index contributed by atoms with van der Waals surface area (Å²) in [5.41, 5.74) is 0. The first kappa shape index (κ1) is 9.98. The molecule has 0 aliphatic carbocycles. The van der Waals surface area contributed by atoms with Crippen LogP contribution < -0.4 is 0 Å². The fourth-order valence-corrected chi connectivity index (χ4v) is 3.42. The maximum atomic E-state index is 11.8. The number of thioether (sulfide) groups is 1. The second kappa shape index (κ2) is 3.55. The molecule has 3 atom stereocenters. The van der Waals surface area contributed by atoms with E-state index in [0.29, 0.717) is 0 Å². The van der Waals surface area contributed by atoms with Gasteiger partial charge in [0.1, 0.15) is 0 Å². The SMILES string of the molecule is CC(CO)N1C(=O)[C@H]2CSC[C@H]2C1=O. The number of hydrogen-bond acceptors (Lipinski definition) is 4. The molecule has 2 heterocycles. The third kappa shape index (κ3) is 1.26. The lowest BCUT2D eigenvalue weighted by Crippen LogP contribution is -2.41. The van der Waals surface area contributed by atoms with Gasteiger partial charge in [0.2, 0.25) is 11.8 Å². The van der Waals surface area contributed by atoms with Crippen molar-refractivity contribution < 1.29 is 14.7 Å². The summed E-state index contributed by atoms with van der Waals surface area (Å²) in [5.74, 6) is 1.08. The van der Waals surface area contributed by atoms with Gasteiger partial charge in [0, 0.05) is 11.5 Å². The molecule has 0 radical (unpaired) electrons. The van der Waals surface area contributed by atoms with Crippen LogP contribution in [0.25, 0.3) is 0 Å². The molecule has 5 heteroatoms. The minimum absolute atomic E-state index is 0.0912. The van der Waals surface area contributed by atoms with Crippen LogP contribution in [0, 0.1) is 11.8 Å². The molecule has 0 aromatic heterocycles. The Morgan fingerprint density at radius 2 is 1.93 bits per heavy atom. The number of hydrogen-bond donors (Lipinski definition) is 1. The Morgan fingerprint density at radius 3 is 2.36 bits per heavy atom. The molecule has 0 aromatic rings. The van der Waals surface area contributed by atoms with E-state index in [0.717, 1.165) is 11.5 Å². The third-order valence-electron chi connectivity index (χ3n) is 2.89. The van der Waals surface area contributed by atoms with Gasteiger partial charge in [-0.3, -0.25) is 14.5 Å². The van der Waals surface area contributed by atoms with Gasteiger partial charge >= 0.3 is 0 Å². The summed E-state index contributed by atoms with van der Waals surface area (Å²) < 4.78 is 0. The zero-order chi connectivity index (χ0) is 10.3. The van der Waals surface area contributed by atoms with E-state index in [2.05, 4.69) is 0 Å². The molecule has 78 valence electrons. The van der Waals surface area contributed by atoms with Crippen LogP contribution in [0.2, 0.25) is 0 Å². The molecule has 2 aliphatic rings. The van der Waals surface area contributed by atoms with Crippen LogP contribution in [0.15, 0.2) is 0 Å². The first-order valence-corrected chi connectivity index (χ1v) is 5.87. The molecular formula is C9H13NO3S. The third-order valence-corrected chi connectivity index (χ3v) is 4.08. The fourth-order valence-electron chi connectivity index (χ4n) is 2.02. The number of carbonyl (C=O) groups excluding carboxylic acids is 2. The fraction of sp³-hybridized carbons (Fsp3) is 0.778. The molecule has 2 aliphatic heterocycles. The highest BCUT2D eigenvalue weighted by molar-refractivity contribution is 7.99. The number of fused-ring (bicyclic) bond motifs is 1. The predicted molar refractivity (Wildman–Crippen MR) is 52.7 cm³/mol. The number of likely N-dealkylation sites (tertiary alicyclic amines) is 1. The summed E-state index contributed by atoms with van der Waals surface area (Å²) in [6, 6.07) is -0.370. The van der Waals surface area contributed by atoms with Crippen molar-refractivity contribution in [3.05, 3.63) is 0 Å². The van der Waals surface area contributed by atoms with Crippen molar-refractivity contribution >= 4 is 23.6 Å². The first-order valence-electron chi connectivity index (χ1n) is 4.72. The Hall–Kier alpha value is -0.550. The normalized spacial score (nSPS) is 33.7. The van der Waals surface area contributed by atoms with Gasteiger partial charge in [0.25, 0.3) is 0 Å². The van der Waals surface area contributed by atoms with Gasteiger partial charge < -0.3 is 5.11 Å². The number of rotatable bonds is 2. The van der Waals surface area contributed by atoms with Crippen LogP contribution in [0.5, 0.6) is 0 Å². The highest BCUT2D eigenvalue weighted by Crippen LogP contribution is 2.38. The lowest BCUT2D eigenvalue weighted by molar-refractivity contribution is -0.143. The lowest BCUT2D eigenvalue weighted by atomic mass is 10.00. The van der Waals surface area contributed by atoms with E-state index >= 15 is 0 Å². The van der Waals surface area contributed by atoms with Crippen LogP contribution in [0.3, 0.4) is 0 Å². The number of amides is 2. The minimum Gasteiger partial charge on any atom is -0.394 e. The largest absolute Gasteiger partial charge is 0.394 e. The van der Waals surface area contributed by atoms with Crippen LogP contribution in [0.1, 0.15) is 6.92 Å². The van der Waals surface area contributed by atoms with Crippen molar-refractivity contribution in [2.45, 2.75) is 13.0 Å². The van der Waals surface area contributed by atoms with Crippen molar-refractivity contribution in [3.63, 3.8) is 0 Å². The quantitative estimate of drug-likeness (QED) is 0.643. The zero-order valence-corrected chi connectivity index (χ0v) is 8.79.